The summed E-state index contributed by atoms with van der Waals surface area (Å²) in [7, 11) is 1.63. The number of carbonyl (C=O) groups excluding carboxylic acids is 1. The van der Waals surface area contributed by atoms with E-state index in [4.69, 9.17) is 9.15 Å². The Morgan fingerprint density at radius 1 is 1.14 bits per heavy atom. The fourth-order valence-corrected chi connectivity index (χ4v) is 3.36. The highest BCUT2D eigenvalue weighted by Crippen LogP contribution is 2.27. The first-order chi connectivity index (χ1) is 14.2. The molecule has 1 aliphatic rings. The minimum absolute atomic E-state index is 0.00272. The number of methoxy groups -OCH3 is 1. The molecule has 1 N–H and O–H groups in total. The van der Waals surface area contributed by atoms with Gasteiger partial charge in [-0.2, -0.15) is 0 Å². The van der Waals surface area contributed by atoms with E-state index in [9.17, 15) is 4.79 Å². The molecule has 8 heteroatoms. The fraction of sp³-hybridized carbons (Fsp3) is 0.333. The van der Waals surface area contributed by atoms with Crippen molar-refractivity contribution in [1.82, 2.24) is 20.5 Å². The van der Waals surface area contributed by atoms with E-state index >= 15 is 0 Å². The van der Waals surface area contributed by atoms with Gasteiger partial charge in [-0.15, -0.1) is 5.10 Å². The Labute approximate surface area is 168 Å². The summed E-state index contributed by atoms with van der Waals surface area (Å²) < 4.78 is 11.0. The molecule has 1 amide bonds. The average molecular weight is 393 g/mol. The number of aromatic nitrogens is 3. The largest absolute Gasteiger partial charge is 0.497 e. The van der Waals surface area contributed by atoms with Gasteiger partial charge in [0.05, 0.1) is 7.11 Å². The number of carbonyl (C=O) groups is 1. The number of hydrogen-bond acceptors (Lipinski definition) is 7. The predicted molar refractivity (Wildman–Crippen MR) is 107 cm³/mol. The van der Waals surface area contributed by atoms with E-state index in [0.717, 1.165) is 29.7 Å². The van der Waals surface area contributed by atoms with Crippen molar-refractivity contribution in [3.8, 4) is 17.2 Å². The van der Waals surface area contributed by atoms with Crippen molar-refractivity contribution < 1.29 is 13.9 Å². The molecule has 3 heterocycles. The maximum atomic E-state index is 12.4. The van der Waals surface area contributed by atoms with E-state index in [-0.39, 0.29) is 11.8 Å². The molecule has 1 aliphatic heterocycles. The normalized spacial score (nSPS) is 14.6. The molecular formula is C21H23N5O3. The van der Waals surface area contributed by atoms with Gasteiger partial charge in [-0.1, -0.05) is 5.10 Å². The summed E-state index contributed by atoms with van der Waals surface area (Å²) in [5, 5.41) is 11.3. The van der Waals surface area contributed by atoms with Gasteiger partial charge >= 0.3 is 6.01 Å². The van der Waals surface area contributed by atoms with Gasteiger partial charge in [0.25, 0.3) is 0 Å². The highest BCUT2D eigenvalue weighted by atomic mass is 16.5. The first-order valence-electron chi connectivity index (χ1n) is 9.62. The molecule has 0 unspecified atom stereocenters. The van der Waals surface area contributed by atoms with Gasteiger partial charge in [-0.3, -0.25) is 9.78 Å². The molecule has 0 saturated carbocycles. The molecule has 150 valence electrons. The van der Waals surface area contributed by atoms with Crippen LogP contribution < -0.4 is 15.0 Å². The third kappa shape index (κ3) is 4.53. The monoisotopic (exact) mass is 393 g/mol. The lowest BCUT2D eigenvalue weighted by atomic mass is 9.96. The van der Waals surface area contributed by atoms with Crippen LogP contribution in [0.5, 0.6) is 5.75 Å². The smallest absolute Gasteiger partial charge is 0.318 e. The number of rotatable bonds is 6. The Kier molecular flexibility index (Phi) is 5.69. The Morgan fingerprint density at radius 2 is 1.86 bits per heavy atom. The molecule has 1 saturated heterocycles. The van der Waals surface area contributed by atoms with Gasteiger partial charge in [0.2, 0.25) is 11.8 Å². The van der Waals surface area contributed by atoms with Crippen molar-refractivity contribution in [2.75, 3.05) is 25.1 Å². The Hall–Kier alpha value is -3.42. The van der Waals surface area contributed by atoms with Crippen molar-refractivity contribution >= 4 is 11.9 Å². The number of ether oxygens (including phenoxy) is 1. The van der Waals surface area contributed by atoms with Crippen LogP contribution in [0.4, 0.5) is 6.01 Å². The highest BCUT2D eigenvalue weighted by molar-refractivity contribution is 5.78. The molecule has 1 aromatic carbocycles. The maximum absolute atomic E-state index is 12.4. The van der Waals surface area contributed by atoms with E-state index in [1.807, 2.05) is 41.3 Å². The van der Waals surface area contributed by atoms with Crippen LogP contribution in [0, 0.1) is 5.92 Å². The molecule has 4 rings (SSSR count). The van der Waals surface area contributed by atoms with Crippen LogP contribution >= 0.6 is 0 Å². The van der Waals surface area contributed by atoms with Gasteiger partial charge in [0.15, 0.2) is 0 Å². The Morgan fingerprint density at radius 3 is 2.55 bits per heavy atom. The van der Waals surface area contributed by atoms with Crippen LogP contribution in [0.3, 0.4) is 0 Å². The SMILES string of the molecule is COc1ccc(-c2nnc(N3CCC(C(=O)NCc4ccncc4)CC3)o2)cc1. The minimum Gasteiger partial charge on any atom is -0.497 e. The fourth-order valence-electron chi connectivity index (χ4n) is 3.36. The van der Waals surface area contributed by atoms with Crippen LogP contribution in [-0.4, -0.2) is 41.3 Å². The molecule has 29 heavy (non-hydrogen) atoms. The number of anilines is 1. The average Bonchev–Trinajstić information content (AvgIpc) is 3.29. The maximum Gasteiger partial charge on any atom is 0.318 e. The molecule has 8 nitrogen and oxygen atoms in total. The van der Waals surface area contributed by atoms with Gasteiger partial charge < -0.3 is 19.4 Å². The van der Waals surface area contributed by atoms with Crippen LogP contribution in [0.1, 0.15) is 18.4 Å². The number of nitrogens with one attached hydrogen (secondary N) is 1. The quantitative estimate of drug-likeness (QED) is 0.688. The van der Waals surface area contributed by atoms with Crippen molar-refractivity contribution in [3.63, 3.8) is 0 Å². The highest BCUT2D eigenvalue weighted by Gasteiger charge is 2.27. The zero-order chi connectivity index (χ0) is 20.1. The predicted octanol–water partition coefficient (Wildman–Crippen LogP) is 2.67. The summed E-state index contributed by atoms with van der Waals surface area (Å²) in [6, 6.07) is 11.8. The summed E-state index contributed by atoms with van der Waals surface area (Å²) in [4.78, 5) is 18.5. The van der Waals surface area contributed by atoms with Gasteiger partial charge in [-0.25, -0.2) is 0 Å². The summed E-state index contributed by atoms with van der Waals surface area (Å²) in [5.41, 5.74) is 1.89. The standard InChI is InChI=1S/C21H23N5O3/c1-28-18-4-2-17(3-5-18)20-24-25-21(29-20)26-12-8-16(9-13-26)19(27)23-14-15-6-10-22-11-7-15/h2-7,10-11,16H,8-9,12-14H2,1H3,(H,23,27). The lowest BCUT2D eigenvalue weighted by Crippen LogP contribution is -2.40. The molecule has 0 radical (unpaired) electrons. The van der Waals surface area contributed by atoms with Crippen LogP contribution in [-0.2, 0) is 11.3 Å². The molecule has 0 atom stereocenters. The number of nitrogens with zero attached hydrogens (tertiary/aromatic N) is 4. The third-order valence-electron chi connectivity index (χ3n) is 5.10. The number of piperidine rings is 1. The Bertz CT molecular complexity index is 934. The zero-order valence-electron chi connectivity index (χ0n) is 16.2. The molecule has 1 fully saturated rings. The van der Waals surface area contributed by atoms with E-state index in [1.54, 1.807) is 19.5 Å². The number of amides is 1. The summed E-state index contributed by atoms with van der Waals surface area (Å²) >= 11 is 0. The molecule has 0 spiro atoms. The first kappa shape index (κ1) is 18.9. The molecule has 0 aliphatic carbocycles. The van der Waals surface area contributed by atoms with Gasteiger partial charge in [0.1, 0.15) is 5.75 Å². The van der Waals surface area contributed by atoms with Crippen LogP contribution in [0.25, 0.3) is 11.5 Å². The van der Waals surface area contributed by atoms with Crippen molar-refractivity contribution in [1.29, 1.82) is 0 Å². The third-order valence-corrected chi connectivity index (χ3v) is 5.10. The number of benzene rings is 1. The number of hydrogen-bond donors (Lipinski definition) is 1. The Balaban J connectivity index is 1.30. The summed E-state index contributed by atoms with van der Waals surface area (Å²) in [6.45, 7) is 1.94. The summed E-state index contributed by atoms with van der Waals surface area (Å²) in [5.74, 6) is 1.33. The van der Waals surface area contributed by atoms with E-state index in [1.165, 1.54) is 0 Å². The molecule has 0 bridgehead atoms. The minimum atomic E-state index is -0.00272. The topological polar surface area (TPSA) is 93.4 Å². The van der Waals surface area contributed by atoms with Gasteiger partial charge in [-0.05, 0) is 54.8 Å². The lowest BCUT2D eigenvalue weighted by Gasteiger charge is -2.29. The van der Waals surface area contributed by atoms with E-state index in [0.29, 0.717) is 31.5 Å². The second-order valence-corrected chi connectivity index (χ2v) is 6.95. The van der Waals surface area contributed by atoms with Crippen LogP contribution in [0.2, 0.25) is 0 Å². The second kappa shape index (κ2) is 8.72. The number of pyridine rings is 1. The zero-order valence-corrected chi connectivity index (χ0v) is 16.2. The first-order valence-corrected chi connectivity index (χ1v) is 9.62. The lowest BCUT2D eigenvalue weighted by molar-refractivity contribution is -0.125. The van der Waals surface area contributed by atoms with Gasteiger partial charge in [0, 0.05) is 43.5 Å². The van der Waals surface area contributed by atoms with Crippen molar-refractivity contribution in [2.24, 2.45) is 5.92 Å². The molecule has 3 aromatic rings. The van der Waals surface area contributed by atoms with E-state index in [2.05, 4.69) is 20.5 Å². The molecular weight excluding hydrogens is 370 g/mol. The van der Waals surface area contributed by atoms with Crippen LogP contribution in [0.15, 0.2) is 53.2 Å². The second-order valence-electron chi connectivity index (χ2n) is 6.95. The summed E-state index contributed by atoms with van der Waals surface area (Å²) in [6.07, 6.45) is 4.96. The van der Waals surface area contributed by atoms with Crippen molar-refractivity contribution in [2.45, 2.75) is 19.4 Å². The van der Waals surface area contributed by atoms with E-state index < -0.39 is 0 Å². The molecule has 2 aromatic heterocycles. The van der Waals surface area contributed by atoms with Crippen molar-refractivity contribution in [3.05, 3.63) is 54.4 Å².